The first-order valence-corrected chi connectivity index (χ1v) is 10.7. The van der Waals surface area contributed by atoms with Gasteiger partial charge in [0.25, 0.3) is 5.91 Å². The number of amides is 1. The summed E-state index contributed by atoms with van der Waals surface area (Å²) in [6.45, 7) is 0. The number of carbonyl (C=O) groups is 1. The number of hydrogen-bond acceptors (Lipinski definition) is 4. The van der Waals surface area contributed by atoms with Gasteiger partial charge in [-0.05, 0) is 43.4 Å². The van der Waals surface area contributed by atoms with E-state index in [1.54, 1.807) is 0 Å². The van der Waals surface area contributed by atoms with E-state index in [1.807, 2.05) is 47.6 Å². The summed E-state index contributed by atoms with van der Waals surface area (Å²) in [5, 5.41) is 3.65. The van der Waals surface area contributed by atoms with Gasteiger partial charge in [-0.1, -0.05) is 12.1 Å². The molecule has 3 nitrogen and oxygen atoms in total. The number of carbonyl (C=O) groups excluding carboxylic acids is 1. The Hall–Kier alpha value is -0.650. The van der Waals surface area contributed by atoms with Gasteiger partial charge in [0.15, 0.2) is 0 Å². The summed E-state index contributed by atoms with van der Waals surface area (Å²) in [5.74, 6) is 2.64. The minimum Gasteiger partial charge on any atom is -0.339 e. The van der Waals surface area contributed by atoms with Crippen LogP contribution in [0.2, 0.25) is 0 Å². The first-order valence-electron chi connectivity index (χ1n) is 8.57. The molecule has 1 aromatic carbocycles. The lowest BCUT2D eigenvalue weighted by Crippen LogP contribution is -2.48. The molecule has 2 bridgehead atoms. The van der Waals surface area contributed by atoms with Crippen LogP contribution >= 0.6 is 23.5 Å². The standard InChI is InChI=1S/C18H24N2OS2/c1-20(16-10-14-6-7-15(11-16)19-14)17(21)12-2-4-13(5-3-12)18-22-8-9-23-18/h2-5,14-16,18-19H,6-11H2,1H3. The number of nitrogens with one attached hydrogen (secondary N) is 1. The molecule has 0 saturated carbocycles. The number of thioether (sulfide) groups is 2. The van der Waals surface area contributed by atoms with Crippen molar-refractivity contribution in [3.05, 3.63) is 35.4 Å². The number of piperidine rings is 1. The number of fused-ring (bicyclic) bond motifs is 2. The first-order chi connectivity index (χ1) is 11.2. The number of benzene rings is 1. The average molecular weight is 349 g/mol. The van der Waals surface area contributed by atoms with Crippen molar-refractivity contribution in [2.75, 3.05) is 18.6 Å². The fourth-order valence-corrected chi connectivity index (χ4v) is 6.91. The fourth-order valence-electron chi connectivity index (χ4n) is 4.05. The van der Waals surface area contributed by atoms with Crippen LogP contribution in [-0.2, 0) is 0 Å². The van der Waals surface area contributed by atoms with Crippen molar-refractivity contribution >= 4 is 29.4 Å². The van der Waals surface area contributed by atoms with E-state index in [4.69, 9.17) is 0 Å². The molecule has 3 fully saturated rings. The van der Waals surface area contributed by atoms with Gasteiger partial charge in [0.05, 0.1) is 4.58 Å². The topological polar surface area (TPSA) is 32.3 Å². The third-order valence-electron chi connectivity index (χ3n) is 5.37. The van der Waals surface area contributed by atoms with Crippen LogP contribution in [0.5, 0.6) is 0 Å². The zero-order chi connectivity index (χ0) is 15.8. The van der Waals surface area contributed by atoms with Crippen LogP contribution < -0.4 is 5.32 Å². The second-order valence-corrected chi connectivity index (χ2v) is 9.60. The van der Waals surface area contributed by atoms with Crippen LogP contribution in [-0.4, -0.2) is 47.5 Å². The quantitative estimate of drug-likeness (QED) is 0.906. The summed E-state index contributed by atoms with van der Waals surface area (Å²) in [7, 11) is 1.98. The summed E-state index contributed by atoms with van der Waals surface area (Å²) in [6.07, 6.45) is 4.75. The van der Waals surface area contributed by atoms with Crippen molar-refractivity contribution in [3.63, 3.8) is 0 Å². The first kappa shape index (κ1) is 15.9. The molecule has 1 N–H and O–H groups in total. The van der Waals surface area contributed by atoms with Crippen LogP contribution in [0.4, 0.5) is 0 Å². The summed E-state index contributed by atoms with van der Waals surface area (Å²) < 4.78 is 0.553. The predicted molar refractivity (Wildman–Crippen MR) is 99.2 cm³/mol. The van der Waals surface area contributed by atoms with Gasteiger partial charge in [-0.2, -0.15) is 0 Å². The summed E-state index contributed by atoms with van der Waals surface area (Å²) in [6, 6.07) is 9.95. The van der Waals surface area contributed by atoms with Crippen LogP contribution in [0.3, 0.4) is 0 Å². The van der Waals surface area contributed by atoms with E-state index >= 15 is 0 Å². The van der Waals surface area contributed by atoms with E-state index in [0.717, 1.165) is 18.4 Å². The Bertz CT molecular complexity index is 559. The van der Waals surface area contributed by atoms with Gasteiger partial charge in [0, 0.05) is 42.2 Å². The van der Waals surface area contributed by atoms with E-state index in [1.165, 1.54) is 29.9 Å². The van der Waals surface area contributed by atoms with Gasteiger partial charge in [0.2, 0.25) is 0 Å². The van der Waals surface area contributed by atoms with Crippen molar-refractivity contribution in [2.45, 2.75) is 48.4 Å². The highest BCUT2D eigenvalue weighted by molar-refractivity contribution is 8.19. The SMILES string of the molecule is CN(C(=O)c1ccc(C2SCCS2)cc1)C1CC2CCC(C1)N2. The summed E-state index contributed by atoms with van der Waals surface area (Å²) >= 11 is 4.01. The molecule has 4 rings (SSSR count). The van der Waals surface area contributed by atoms with Crippen LogP contribution in [0.15, 0.2) is 24.3 Å². The maximum absolute atomic E-state index is 12.8. The maximum Gasteiger partial charge on any atom is 0.253 e. The normalized spacial score (nSPS) is 30.6. The predicted octanol–water partition coefficient (Wildman–Crippen LogP) is 3.52. The largest absolute Gasteiger partial charge is 0.339 e. The monoisotopic (exact) mass is 348 g/mol. The Morgan fingerprint density at radius 2 is 1.70 bits per heavy atom. The van der Waals surface area contributed by atoms with Crippen LogP contribution in [0, 0.1) is 0 Å². The lowest BCUT2D eigenvalue weighted by molar-refractivity contribution is 0.0681. The minimum absolute atomic E-state index is 0.176. The van der Waals surface area contributed by atoms with Gasteiger partial charge in [-0.25, -0.2) is 0 Å². The Kier molecular flexibility index (Phi) is 4.61. The molecule has 3 saturated heterocycles. The molecule has 0 radical (unpaired) electrons. The summed E-state index contributed by atoms with van der Waals surface area (Å²) in [4.78, 5) is 14.8. The van der Waals surface area contributed by atoms with Crippen LogP contribution in [0.25, 0.3) is 0 Å². The molecule has 2 atom stereocenters. The lowest BCUT2D eigenvalue weighted by atomic mass is 9.98. The molecule has 124 valence electrons. The second-order valence-electron chi connectivity index (χ2n) is 6.87. The molecule has 0 spiro atoms. The average Bonchev–Trinajstić information content (AvgIpc) is 3.23. The highest BCUT2D eigenvalue weighted by Gasteiger charge is 2.36. The third kappa shape index (κ3) is 3.28. The Morgan fingerprint density at radius 3 is 2.30 bits per heavy atom. The van der Waals surface area contributed by atoms with Crippen LogP contribution in [0.1, 0.15) is 46.2 Å². The van der Waals surface area contributed by atoms with E-state index in [0.29, 0.717) is 22.7 Å². The van der Waals surface area contributed by atoms with Crippen molar-refractivity contribution < 1.29 is 4.79 Å². The van der Waals surface area contributed by atoms with Gasteiger partial charge in [-0.3, -0.25) is 4.79 Å². The van der Waals surface area contributed by atoms with Crippen molar-refractivity contribution in [3.8, 4) is 0 Å². The second kappa shape index (κ2) is 6.69. The fraction of sp³-hybridized carbons (Fsp3) is 0.611. The molecule has 2 unspecified atom stereocenters. The molecule has 3 heterocycles. The molecule has 3 aliphatic rings. The molecule has 5 heteroatoms. The molecule has 23 heavy (non-hydrogen) atoms. The van der Waals surface area contributed by atoms with Crippen molar-refractivity contribution in [2.24, 2.45) is 0 Å². The molecule has 3 aliphatic heterocycles. The smallest absolute Gasteiger partial charge is 0.253 e. The lowest BCUT2D eigenvalue weighted by Gasteiger charge is -2.35. The van der Waals surface area contributed by atoms with Crippen molar-refractivity contribution in [1.29, 1.82) is 0 Å². The van der Waals surface area contributed by atoms with E-state index in [9.17, 15) is 4.79 Å². The Labute approximate surface area is 147 Å². The van der Waals surface area contributed by atoms with Gasteiger partial charge >= 0.3 is 0 Å². The van der Waals surface area contributed by atoms with E-state index < -0.39 is 0 Å². The number of hydrogen-bond donors (Lipinski definition) is 1. The molecular weight excluding hydrogens is 324 g/mol. The Balaban J connectivity index is 1.43. The molecular formula is C18H24N2OS2. The highest BCUT2D eigenvalue weighted by atomic mass is 32.2. The number of nitrogens with zero attached hydrogens (tertiary/aromatic N) is 1. The minimum atomic E-state index is 0.176. The molecule has 0 aromatic heterocycles. The van der Waals surface area contributed by atoms with Gasteiger partial charge in [-0.15, -0.1) is 23.5 Å². The van der Waals surface area contributed by atoms with Gasteiger partial charge < -0.3 is 10.2 Å². The molecule has 1 aromatic rings. The molecule has 0 aliphatic carbocycles. The van der Waals surface area contributed by atoms with E-state index in [2.05, 4.69) is 17.4 Å². The highest BCUT2D eigenvalue weighted by Crippen LogP contribution is 2.45. The Morgan fingerprint density at radius 1 is 1.09 bits per heavy atom. The summed E-state index contributed by atoms with van der Waals surface area (Å²) in [5.41, 5.74) is 2.17. The zero-order valence-electron chi connectivity index (χ0n) is 13.5. The number of rotatable bonds is 3. The third-order valence-corrected chi connectivity index (χ3v) is 8.47. The van der Waals surface area contributed by atoms with E-state index in [-0.39, 0.29) is 5.91 Å². The molecule has 1 amide bonds. The van der Waals surface area contributed by atoms with Gasteiger partial charge in [0.1, 0.15) is 0 Å². The zero-order valence-corrected chi connectivity index (χ0v) is 15.2. The van der Waals surface area contributed by atoms with Crippen molar-refractivity contribution in [1.82, 2.24) is 10.2 Å². The maximum atomic E-state index is 12.8.